The topological polar surface area (TPSA) is 32.3 Å². The number of nitrogens with zero attached hydrogens (tertiary/aromatic N) is 4. The molecule has 13 rings (SSSR count). The van der Waals surface area contributed by atoms with Crippen LogP contribution in [-0.4, -0.2) is 9.97 Å². The third-order valence-corrected chi connectivity index (χ3v) is 16.5. The Labute approximate surface area is 450 Å². The van der Waals surface area contributed by atoms with Crippen LogP contribution in [0.1, 0.15) is 97.2 Å². The minimum atomic E-state index is -0.266. The molecule has 3 aliphatic rings. The highest BCUT2D eigenvalue weighted by molar-refractivity contribution is 5.90. The van der Waals surface area contributed by atoms with Gasteiger partial charge in [0.1, 0.15) is 11.6 Å². The van der Waals surface area contributed by atoms with Crippen LogP contribution < -0.4 is 9.80 Å². The van der Waals surface area contributed by atoms with E-state index in [1.807, 2.05) is 60.9 Å². The van der Waals surface area contributed by atoms with E-state index in [1.165, 1.54) is 102 Å². The van der Waals surface area contributed by atoms with Crippen LogP contribution in [0.25, 0.3) is 57.7 Å². The minimum Gasteiger partial charge on any atom is -0.309 e. The second-order valence-corrected chi connectivity index (χ2v) is 22.3. The van der Waals surface area contributed by atoms with Gasteiger partial charge in [-0.05, 0) is 186 Å². The van der Waals surface area contributed by atoms with Crippen LogP contribution in [-0.2, 0) is 16.2 Å². The summed E-state index contributed by atoms with van der Waals surface area (Å²) in [6.45, 7) is 13.9. The number of fused-ring (bicyclic) bond motifs is 9. The summed E-state index contributed by atoms with van der Waals surface area (Å²) in [5.74, 6) is -0.532. The minimum absolute atomic E-state index is 0.185. The predicted molar refractivity (Wildman–Crippen MR) is 315 cm³/mol. The van der Waals surface area contributed by atoms with E-state index in [0.29, 0.717) is 0 Å². The van der Waals surface area contributed by atoms with Crippen molar-refractivity contribution < 1.29 is 8.78 Å². The van der Waals surface area contributed by atoms with Crippen LogP contribution >= 0.6 is 0 Å². The van der Waals surface area contributed by atoms with E-state index in [1.54, 1.807) is 12.4 Å². The molecule has 2 aromatic heterocycles. The SMILES string of the molecule is CC1(C)c2cc(C=Cc3ccc4c(c3)C(C)(C)c3cc(N(c5ccc(F)cc5)c5cccnc5)ccc3-4)ccc2-c2ccc(C=Cc3ccc4c(c3)C(C)(C)c3cc(N(c5ccc(F)cc5)c5cccnc5)ccc3-4)cc21. The summed E-state index contributed by atoms with van der Waals surface area (Å²) in [7, 11) is 0. The van der Waals surface area contributed by atoms with Crippen molar-refractivity contribution in [3.05, 3.63) is 274 Å². The van der Waals surface area contributed by atoms with Crippen molar-refractivity contribution in [1.82, 2.24) is 9.97 Å². The monoisotopic (exact) mass is 1000 g/mol. The summed E-state index contributed by atoms with van der Waals surface area (Å²) in [4.78, 5) is 13.1. The van der Waals surface area contributed by atoms with E-state index in [2.05, 4.69) is 195 Å². The lowest BCUT2D eigenvalue weighted by atomic mass is 9.81. The molecular weight excluding hydrogens is 947 g/mol. The first-order chi connectivity index (χ1) is 37.2. The second kappa shape index (κ2) is 18.1. The van der Waals surface area contributed by atoms with Crippen LogP contribution in [0.2, 0.25) is 0 Å². The number of rotatable bonds is 10. The molecule has 0 aliphatic heterocycles. The average molecular weight is 1000 g/mol. The van der Waals surface area contributed by atoms with Crippen molar-refractivity contribution in [2.75, 3.05) is 9.80 Å². The zero-order valence-electron chi connectivity index (χ0n) is 44.0. The first-order valence-corrected chi connectivity index (χ1v) is 26.4. The maximum Gasteiger partial charge on any atom is 0.123 e. The Balaban J connectivity index is 0.730. The molecule has 0 amide bonds. The van der Waals surface area contributed by atoms with Crippen LogP contribution in [0.3, 0.4) is 0 Å². The number of halogens is 2. The van der Waals surface area contributed by atoms with Crippen molar-refractivity contribution in [3.63, 3.8) is 0 Å². The molecule has 0 spiro atoms. The molecule has 0 N–H and O–H groups in total. The maximum absolute atomic E-state index is 14.1. The van der Waals surface area contributed by atoms with Crippen molar-refractivity contribution in [3.8, 4) is 33.4 Å². The van der Waals surface area contributed by atoms with Gasteiger partial charge < -0.3 is 9.80 Å². The highest BCUT2D eigenvalue weighted by Gasteiger charge is 2.39. The predicted octanol–water partition coefficient (Wildman–Crippen LogP) is 19.0. The molecular formula is C71H56F2N4. The first kappa shape index (κ1) is 47.7. The fraction of sp³-hybridized carbons (Fsp3) is 0.127. The fourth-order valence-electron chi connectivity index (χ4n) is 12.4. The molecule has 0 saturated carbocycles. The summed E-state index contributed by atoms with van der Waals surface area (Å²) >= 11 is 0. The lowest BCUT2D eigenvalue weighted by Crippen LogP contribution is -2.16. The van der Waals surface area contributed by atoms with Gasteiger partial charge >= 0.3 is 0 Å². The highest BCUT2D eigenvalue weighted by Crippen LogP contribution is 2.54. The Morgan fingerprint density at radius 2 is 0.584 bits per heavy atom. The average Bonchev–Trinajstić information content (AvgIpc) is 4.07. The van der Waals surface area contributed by atoms with Gasteiger partial charge in [0, 0.05) is 51.4 Å². The number of aromatic nitrogens is 2. The number of benzene rings is 8. The molecule has 0 atom stereocenters. The third-order valence-electron chi connectivity index (χ3n) is 16.5. The molecule has 4 nitrogen and oxygen atoms in total. The normalized spacial score (nSPS) is 14.7. The molecule has 0 fully saturated rings. The van der Waals surface area contributed by atoms with Crippen molar-refractivity contribution in [2.24, 2.45) is 0 Å². The van der Waals surface area contributed by atoms with E-state index in [4.69, 9.17) is 0 Å². The molecule has 3 aliphatic carbocycles. The van der Waals surface area contributed by atoms with Gasteiger partial charge in [-0.3, -0.25) is 9.97 Å². The lowest BCUT2D eigenvalue weighted by molar-refractivity contribution is 0.627. The molecule has 0 saturated heterocycles. The van der Waals surface area contributed by atoms with Gasteiger partial charge in [-0.1, -0.05) is 151 Å². The van der Waals surface area contributed by atoms with Gasteiger partial charge in [0.15, 0.2) is 0 Å². The van der Waals surface area contributed by atoms with E-state index in [0.717, 1.165) is 45.3 Å². The lowest BCUT2D eigenvalue weighted by Gasteiger charge is -2.27. The summed E-state index contributed by atoms with van der Waals surface area (Å²) in [5, 5.41) is 0. The van der Waals surface area contributed by atoms with Crippen LogP contribution in [0.5, 0.6) is 0 Å². The number of hydrogen-bond acceptors (Lipinski definition) is 4. The molecule has 8 aromatic carbocycles. The molecule has 0 bridgehead atoms. The molecule has 0 unspecified atom stereocenters. The highest BCUT2D eigenvalue weighted by atomic mass is 19.1. The Bertz CT molecular complexity index is 3760. The Morgan fingerprint density at radius 1 is 0.312 bits per heavy atom. The number of pyridine rings is 2. The Kier molecular flexibility index (Phi) is 11.2. The Hall–Kier alpha value is -9.00. The van der Waals surface area contributed by atoms with Crippen LogP contribution in [0, 0.1) is 11.6 Å². The van der Waals surface area contributed by atoms with E-state index < -0.39 is 0 Å². The van der Waals surface area contributed by atoms with Gasteiger partial charge in [-0.25, -0.2) is 8.78 Å². The smallest absolute Gasteiger partial charge is 0.123 e. The fourth-order valence-corrected chi connectivity index (χ4v) is 12.4. The Morgan fingerprint density at radius 3 is 0.870 bits per heavy atom. The summed E-state index contributed by atoms with van der Waals surface area (Å²) in [6.07, 6.45) is 16.2. The third kappa shape index (κ3) is 8.10. The number of anilines is 6. The molecule has 6 heteroatoms. The molecule has 77 heavy (non-hydrogen) atoms. The van der Waals surface area contributed by atoms with Gasteiger partial charge in [0.05, 0.1) is 23.8 Å². The summed E-state index contributed by atoms with van der Waals surface area (Å²) in [6, 6.07) is 62.0. The molecule has 0 radical (unpaired) electrons. The molecule has 10 aromatic rings. The zero-order valence-corrected chi connectivity index (χ0v) is 44.0. The van der Waals surface area contributed by atoms with E-state index >= 15 is 0 Å². The van der Waals surface area contributed by atoms with Gasteiger partial charge in [-0.15, -0.1) is 0 Å². The van der Waals surface area contributed by atoms with Crippen molar-refractivity contribution in [2.45, 2.75) is 57.8 Å². The maximum atomic E-state index is 14.1. The van der Waals surface area contributed by atoms with Crippen molar-refractivity contribution >= 4 is 58.4 Å². The quantitative estimate of drug-likeness (QED) is 0.128. The zero-order chi connectivity index (χ0) is 52.8. The largest absolute Gasteiger partial charge is 0.309 e. The van der Waals surface area contributed by atoms with Gasteiger partial charge in [0.2, 0.25) is 0 Å². The standard InChI is InChI=1S/C71H56F2N4/c1-69(2)63-37-45(11-13-47-17-31-59-61-33-27-53(41-67(61)70(3,4)65(59)39-47)76(55-9-7-35-74-43-55)51-23-19-49(72)20-24-51)15-29-57(63)58-30-16-46(38-64(58)69)12-14-48-18-32-60-62-34-28-54(42-68(62)71(5,6)66(60)40-48)77(56-10-8-36-75-44-56)52-25-21-50(73)22-26-52/h7-44H,1-6H3. The summed E-state index contributed by atoms with van der Waals surface area (Å²) in [5.41, 5.74) is 24.9. The van der Waals surface area contributed by atoms with Crippen molar-refractivity contribution in [1.29, 1.82) is 0 Å². The second-order valence-electron chi connectivity index (χ2n) is 22.3. The van der Waals surface area contributed by atoms with E-state index in [-0.39, 0.29) is 27.9 Å². The van der Waals surface area contributed by atoms with Gasteiger partial charge in [0.25, 0.3) is 0 Å². The summed E-state index contributed by atoms with van der Waals surface area (Å²) < 4.78 is 28.2. The van der Waals surface area contributed by atoms with Gasteiger partial charge in [-0.2, -0.15) is 0 Å². The molecule has 374 valence electrons. The van der Waals surface area contributed by atoms with Crippen LogP contribution in [0.4, 0.5) is 42.9 Å². The van der Waals surface area contributed by atoms with E-state index in [9.17, 15) is 8.78 Å². The van der Waals surface area contributed by atoms with Crippen LogP contribution in [0.15, 0.2) is 207 Å². The molecule has 2 heterocycles. The first-order valence-electron chi connectivity index (χ1n) is 26.4. The number of hydrogen-bond donors (Lipinski definition) is 0.